The number of rotatable bonds is 5. The van der Waals surface area contributed by atoms with Crippen LogP contribution in [0, 0.1) is 5.92 Å². The second kappa shape index (κ2) is 5.26. The monoisotopic (exact) mass is 216 g/mol. The van der Waals surface area contributed by atoms with E-state index < -0.39 is 0 Å². The molecular formula is C14H20N2. The van der Waals surface area contributed by atoms with Crippen molar-refractivity contribution in [3.8, 4) is 0 Å². The van der Waals surface area contributed by atoms with Gasteiger partial charge in [0.05, 0.1) is 0 Å². The standard InChI is InChI=1S/C14H20N2/c1-11(2)13(10-16-14-3-4-14)9-12-5-7-15-8-6-12/h5-9,11,14,16H,3-4,10H2,1-2H3. The average Bonchev–Trinajstić information content (AvgIpc) is 3.09. The molecule has 1 N–H and O–H groups in total. The van der Waals surface area contributed by atoms with E-state index >= 15 is 0 Å². The summed E-state index contributed by atoms with van der Waals surface area (Å²) in [5.41, 5.74) is 2.72. The van der Waals surface area contributed by atoms with Crippen molar-refractivity contribution < 1.29 is 0 Å². The summed E-state index contributed by atoms with van der Waals surface area (Å²) in [5.74, 6) is 0.597. The minimum Gasteiger partial charge on any atom is -0.310 e. The highest BCUT2D eigenvalue weighted by Crippen LogP contribution is 2.20. The number of pyridine rings is 1. The van der Waals surface area contributed by atoms with Crippen LogP contribution in [0.2, 0.25) is 0 Å². The van der Waals surface area contributed by atoms with E-state index in [1.54, 1.807) is 0 Å². The van der Waals surface area contributed by atoms with Crippen LogP contribution in [0.1, 0.15) is 32.3 Å². The fraction of sp³-hybridized carbons (Fsp3) is 0.500. The number of hydrogen-bond donors (Lipinski definition) is 1. The Morgan fingerprint density at radius 3 is 2.69 bits per heavy atom. The summed E-state index contributed by atoms with van der Waals surface area (Å²) in [6.45, 7) is 5.52. The molecule has 1 fully saturated rings. The molecule has 2 rings (SSSR count). The van der Waals surface area contributed by atoms with Crippen molar-refractivity contribution in [1.29, 1.82) is 0 Å². The first-order valence-corrected chi connectivity index (χ1v) is 6.09. The van der Waals surface area contributed by atoms with Gasteiger partial charge in [-0.3, -0.25) is 4.98 Å². The zero-order valence-electron chi connectivity index (χ0n) is 10.1. The Morgan fingerprint density at radius 1 is 1.44 bits per heavy atom. The summed E-state index contributed by atoms with van der Waals surface area (Å²) < 4.78 is 0. The van der Waals surface area contributed by atoms with Gasteiger partial charge < -0.3 is 5.32 Å². The third kappa shape index (κ3) is 3.46. The minimum atomic E-state index is 0.597. The highest BCUT2D eigenvalue weighted by molar-refractivity contribution is 5.52. The first kappa shape index (κ1) is 11.3. The molecule has 1 heterocycles. The Kier molecular flexibility index (Phi) is 3.73. The number of nitrogens with zero attached hydrogens (tertiary/aromatic N) is 1. The zero-order chi connectivity index (χ0) is 11.4. The molecule has 1 saturated carbocycles. The summed E-state index contributed by atoms with van der Waals surface area (Å²) in [6, 6.07) is 4.89. The maximum absolute atomic E-state index is 4.04. The first-order valence-electron chi connectivity index (χ1n) is 6.09. The predicted octanol–water partition coefficient (Wildman–Crippen LogP) is 2.87. The molecule has 0 radical (unpaired) electrons. The van der Waals surface area contributed by atoms with Crippen LogP contribution in [0.5, 0.6) is 0 Å². The Morgan fingerprint density at radius 2 is 2.12 bits per heavy atom. The molecule has 1 aliphatic rings. The van der Waals surface area contributed by atoms with Gasteiger partial charge in [0.1, 0.15) is 0 Å². The lowest BCUT2D eigenvalue weighted by molar-refractivity contribution is 0.662. The molecule has 0 aliphatic heterocycles. The van der Waals surface area contributed by atoms with Gasteiger partial charge in [0.25, 0.3) is 0 Å². The minimum absolute atomic E-state index is 0.597. The number of aromatic nitrogens is 1. The largest absolute Gasteiger partial charge is 0.310 e. The third-order valence-corrected chi connectivity index (χ3v) is 2.97. The molecule has 0 spiro atoms. The number of nitrogens with one attached hydrogen (secondary N) is 1. The maximum atomic E-state index is 4.04. The second-order valence-electron chi connectivity index (χ2n) is 4.81. The Labute approximate surface area is 97.8 Å². The van der Waals surface area contributed by atoms with Crippen LogP contribution < -0.4 is 5.32 Å². The summed E-state index contributed by atoms with van der Waals surface area (Å²) in [7, 11) is 0. The highest BCUT2D eigenvalue weighted by atomic mass is 14.9. The van der Waals surface area contributed by atoms with Gasteiger partial charge in [-0.2, -0.15) is 0 Å². The van der Waals surface area contributed by atoms with Gasteiger partial charge in [-0.15, -0.1) is 0 Å². The fourth-order valence-corrected chi connectivity index (χ4v) is 1.65. The Hall–Kier alpha value is -1.15. The molecule has 2 heteroatoms. The molecule has 0 unspecified atom stereocenters. The molecule has 1 aromatic heterocycles. The van der Waals surface area contributed by atoms with Crippen molar-refractivity contribution in [1.82, 2.24) is 10.3 Å². The van der Waals surface area contributed by atoms with Crippen LogP contribution >= 0.6 is 0 Å². The molecule has 0 bridgehead atoms. The van der Waals surface area contributed by atoms with Gasteiger partial charge in [-0.05, 0) is 36.5 Å². The molecule has 0 saturated heterocycles. The average molecular weight is 216 g/mol. The fourth-order valence-electron chi connectivity index (χ4n) is 1.65. The van der Waals surface area contributed by atoms with Crippen LogP contribution in [0.3, 0.4) is 0 Å². The van der Waals surface area contributed by atoms with Gasteiger partial charge >= 0.3 is 0 Å². The summed E-state index contributed by atoms with van der Waals surface area (Å²) in [6.07, 6.45) is 8.67. The molecule has 1 aromatic rings. The number of hydrogen-bond acceptors (Lipinski definition) is 2. The van der Waals surface area contributed by atoms with Crippen molar-refractivity contribution in [3.63, 3.8) is 0 Å². The van der Waals surface area contributed by atoms with Gasteiger partial charge in [0.15, 0.2) is 0 Å². The van der Waals surface area contributed by atoms with Crippen molar-refractivity contribution in [2.75, 3.05) is 6.54 Å². The quantitative estimate of drug-likeness (QED) is 0.818. The smallest absolute Gasteiger partial charge is 0.0273 e. The lowest BCUT2D eigenvalue weighted by atomic mass is 10.0. The van der Waals surface area contributed by atoms with E-state index in [9.17, 15) is 0 Å². The third-order valence-electron chi connectivity index (χ3n) is 2.97. The molecule has 2 nitrogen and oxygen atoms in total. The first-order chi connectivity index (χ1) is 7.75. The lowest BCUT2D eigenvalue weighted by Crippen LogP contribution is -2.21. The topological polar surface area (TPSA) is 24.9 Å². The van der Waals surface area contributed by atoms with Crippen molar-refractivity contribution in [3.05, 3.63) is 35.7 Å². The lowest BCUT2D eigenvalue weighted by Gasteiger charge is -2.12. The van der Waals surface area contributed by atoms with Crippen molar-refractivity contribution >= 4 is 6.08 Å². The van der Waals surface area contributed by atoms with E-state index in [4.69, 9.17) is 0 Å². The van der Waals surface area contributed by atoms with Crippen LogP contribution in [-0.4, -0.2) is 17.6 Å². The molecule has 0 amide bonds. The van der Waals surface area contributed by atoms with E-state index in [-0.39, 0.29) is 0 Å². The van der Waals surface area contributed by atoms with Crippen LogP contribution in [-0.2, 0) is 0 Å². The van der Waals surface area contributed by atoms with E-state index in [0.717, 1.165) is 12.6 Å². The van der Waals surface area contributed by atoms with Crippen LogP contribution in [0.15, 0.2) is 30.1 Å². The van der Waals surface area contributed by atoms with E-state index in [0.29, 0.717) is 5.92 Å². The van der Waals surface area contributed by atoms with Gasteiger partial charge in [-0.1, -0.05) is 25.5 Å². The molecule has 0 aromatic carbocycles. The van der Waals surface area contributed by atoms with Crippen molar-refractivity contribution in [2.24, 2.45) is 5.92 Å². The van der Waals surface area contributed by atoms with Gasteiger partial charge in [0.2, 0.25) is 0 Å². The molecule has 0 atom stereocenters. The summed E-state index contributed by atoms with van der Waals surface area (Å²) in [4.78, 5) is 4.04. The molecular weight excluding hydrogens is 196 g/mol. The molecule has 16 heavy (non-hydrogen) atoms. The highest BCUT2D eigenvalue weighted by Gasteiger charge is 2.20. The van der Waals surface area contributed by atoms with Crippen LogP contribution in [0.25, 0.3) is 6.08 Å². The zero-order valence-corrected chi connectivity index (χ0v) is 10.1. The predicted molar refractivity (Wildman–Crippen MR) is 68.1 cm³/mol. The van der Waals surface area contributed by atoms with Gasteiger partial charge in [0, 0.05) is 25.0 Å². The van der Waals surface area contributed by atoms with E-state index in [1.807, 2.05) is 12.4 Å². The van der Waals surface area contributed by atoms with Crippen molar-refractivity contribution in [2.45, 2.75) is 32.7 Å². The van der Waals surface area contributed by atoms with Gasteiger partial charge in [-0.25, -0.2) is 0 Å². The SMILES string of the molecule is CC(C)C(=Cc1ccncc1)CNC1CC1. The van der Waals surface area contributed by atoms with E-state index in [2.05, 4.69) is 42.4 Å². The Bertz CT molecular complexity index is 350. The second-order valence-corrected chi connectivity index (χ2v) is 4.81. The maximum Gasteiger partial charge on any atom is 0.0273 e. The van der Waals surface area contributed by atoms with Crippen LogP contribution in [0.4, 0.5) is 0 Å². The Balaban J connectivity index is 2.02. The molecule has 1 aliphatic carbocycles. The normalized spacial score (nSPS) is 16.8. The molecule has 86 valence electrons. The summed E-state index contributed by atoms with van der Waals surface area (Å²) in [5, 5.41) is 3.57. The summed E-state index contributed by atoms with van der Waals surface area (Å²) >= 11 is 0. The van der Waals surface area contributed by atoms with E-state index in [1.165, 1.54) is 24.0 Å².